The van der Waals surface area contributed by atoms with Gasteiger partial charge in [0.2, 0.25) is 0 Å². The third-order valence-electron chi connectivity index (χ3n) is 3.70. The Balaban J connectivity index is 2.21. The van der Waals surface area contributed by atoms with Crippen molar-refractivity contribution in [2.45, 2.75) is 0 Å². The fraction of sp³-hybridized carbons (Fsp3) is 0.263. The van der Waals surface area contributed by atoms with E-state index in [1.165, 1.54) is 37.3 Å². The van der Waals surface area contributed by atoms with Crippen LogP contribution in [0.1, 0.15) is 10.4 Å². The molecular weight excluding hydrogens is 407 g/mol. The highest BCUT2D eigenvalue weighted by atomic mass is 35.5. The summed E-state index contributed by atoms with van der Waals surface area (Å²) in [6, 6.07) is 7.70. The molecule has 0 unspecified atom stereocenters. The molecule has 0 heterocycles. The molecule has 28 heavy (non-hydrogen) atoms. The molecule has 7 nitrogen and oxygen atoms in total. The van der Waals surface area contributed by atoms with Crippen molar-refractivity contribution in [1.82, 2.24) is 4.90 Å². The molecule has 0 aliphatic heterocycles. The average Bonchev–Trinajstić information content (AvgIpc) is 2.67. The molecule has 1 N–H and O–H groups in total. The highest BCUT2D eigenvalue weighted by Gasteiger charge is 2.20. The number of amides is 2. The molecule has 2 aromatic rings. The van der Waals surface area contributed by atoms with Crippen molar-refractivity contribution in [3.63, 3.8) is 0 Å². The van der Waals surface area contributed by atoms with E-state index in [1.54, 1.807) is 26.2 Å². The highest BCUT2D eigenvalue weighted by Crippen LogP contribution is 2.34. The van der Waals surface area contributed by atoms with Crippen LogP contribution in [-0.4, -0.2) is 51.6 Å². The fourth-order valence-corrected chi connectivity index (χ4v) is 2.59. The smallest absolute Gasteiger partial charge is 0.262 e. The molecule has 0 aromatic heterocycles. The number of halogens is 2. The van der Waals surface area contributed by atoms with Gasteiger partial charge in [-0.2, -0.15) is 0 Å². The van der Waals surface area contributed by atoms with Crippen LogP contribution in [0.2, 0.25) is 10.0 Å². The molecule has 0 fully saturated rings. The van der Waals surface area contributed by atoms with Crippen LogP contribution in [0.5, 0.6) is 17.2 Å². The monoisotopic (exact) mass is 426 g/mol. The molecule has 2 amide bonds. The molecule has 0 bridgehead atoms. The van der Waals surface area contributed by atoms with Crippen molar-refractivity contribution in [1.29, 1.82) is 0 Å². The molecular formula is C19H20Cl2N2O5. The SMILES string of the molecule is COc1cc(NC(=O)COc2ccc(Cl)c(Cl)c2)c(C(=O)N(C)C)cc1OC. The minimum atomic E-state index is -0.467. The Morgan fingerprint density at radius 3 is 2.21 bits per heavy atom. The van der Waals surface area contributed by atoms with Gasteiger partial charge >= 0.3 is 0 Å². The van der Waals surface area contributed by atoms with Crippen molar-refractivity contribution in [3.05, 3.63) is 45.9 Å². The molecule has 0 saturated carbocycles. The number of methoxy groups -OCH3 is 2. The molecule has 0 atom stereocenters. The summed E-state index contributed by atoms with van der Waals surface area (Å²) < 4.78 is 15.9. The van der Waals surface area contributed by atoms with E-state index in [4.69, 9.17) is 37.4 Å². The Labute approximate surface area is 173 Å². The summed E-state index contributed by atoms with van der Waals surface area (Å²) in [6.07, 6.45) is 0. The van der Waals surface area contributed by atoms with E-state index < -0.39 is 5.91 Å². The van der Waals surface area contributed by atoms with Gasteiger partial charge in [0.25, 0.3) is 11.8 Å². The molecule has 0 aliphatic carbocycles. The number of nitrogens with one attached hydrogen (secondary N) is 1. The zero-order valence-electron chi connectivity index (χ0n) is 15.8. The first-order chi connectivity index (χ1) is 13.3. The molecule has 0 aliphatic rings. The largest absolute Gasteiger partial charge is 0.493 e. The van der Waals surface area contributed by atoms with Crippen molar-refractivity contribution >= 4 is 40.7 Å². The number of hydrogen-bond donors (Lipinski definition) is 1. The highest BCUT2D eigenvalue weighted by molar-refractivity contribution is 6.42. The van der Waals surface area contributed by atoms with Gasteiger partial charge in [0.15, 0.2) is 18.1 Å². The first kappa shape index (κ1) is 21.7. The van der Waals surface area contributed by atoms with E-state index in [2.05, 4.69) is 5.32 Å². The van der Waals surface area contributed by atoms with Gasteiger partial charge < -0.3 is 24.4 Å². The molecule has 9 heteroatoms. The lowest BCUT2D eigenvalue weighted by Gasteiger charge is -2.18. The summed E-state index contributed by atoms with van der Waals surface area (Å²) in [7, 11) is 6.14. The van der Waals surface area contributed by atoms with Crippen LogP contribution in [0, 0.1) is 0 Å². The Morgan fingerprint density at radius 1 is 1.00 bits per heavy atom. The molecule has 2 aromatic carbocycles. The maximum atomic E-state index is 12.5. The van der Waals surface area contributed by atoms with Gasteiger partial charge in [-0.05, 0) is 18.2 Å². The topological polar surface area (TPSA) is 77.1 Å². The Morgan fingerprint density at radius 2 is 1.64 bits per heavy atom. The van der Waals surface area contributed by atoms with Gasteiger partial charge in [0.1, 0.15) is 5.75 Å². The van der Waals surface area contributed by atoms with E-state index in [-0.39, 0.29) is 23.8 Å². The maximum Gasteiger partial charge on any atom is 0.262 e. The summed E-state index contributed by atoms with van der Waals surface area (Å²) >= 11 is 11.8. The van der Waals surface area contributed by atoms with Crippen LogP contribution in [0.25, 0.3) is 0 Å². The van der Waals surface area contributed by atoms with E-state index in [9.17, 15) is 9.59 Å². The third kappa shape index (κ3) is 5.21. The van der Waals surface area contributed by atoms with E-state index >= 15 is 0 Å². The summed E-state index contributed by atoms with van der Waals surface area (Å²) in [5.74, 6) is 0.366. The van der Waals surface area contributed by atoms with Gasteiger partial charge in [-0.1, -0.05) is 23.2 Å². The van der Waals surface area contributed by atoms with Crippen molar-refractivity contribution in [2.75, 3.05) is 40.2 Å². The number of benzene rings is 2. The zero-order valence-corrected chi connectivity index (χ0v) is 17.4. The van der Waals surface area contributed by atoms with Crippen molar-refractivity contribution < 1.29 is 23.8 Å². The van der Waals surface area contributed by atoms with Crippen molar-refractivity contribution in [2.24, 2.45) is 0 Å². The lowest BCUT2D eigenvalue weighted by atomic mass is 10.1. The second kappa shape index (κ2) is 9.52. The number of ether oxygens (including phenoxy) is 3. The third-order valence-corrected chi connectivity index (χ3v) is 4.43. The summed E-state index contributed by atoms with van der Waals surface area (Å²) in [5.41, 5.74) is 0.532. The fourth-order valence-electron chi connectivity index (χ4n) is 2.30. The van der Waals surface area contributed by atoms with Crippen LogP contribution in [-0.2, 0) is 4.79 Å². The van der Waals surface area contributed by atoms with Crippen LogP contribution in [0.3, 0.4) is 0 Å². The van der Waals surface area contributed by atoms with Gasteiger partial charge in [0.05, 0.1) is 35.5 Å². The normalized spacial score (nSPS) is 10.2. The predicted molar refractivity (Wildman–Crippen MR) is 108 cm³/mol. The van der Waals surface area contributed by atoms with Crippen LogP contribution in [0.4, 0.5) is 5.69 Å². The lowest BCUT2D eigenvalue weighted by molar-refractivity contribution is -0.118. The molecule has 150 valence electrons. The van der Waals surface area contributed by atoms with E-state index in [0.717, 1.165) is 0 Å². The molecule has 0 saturated heterocycles. The molecule has 0 spiro atoms. The number of carbonyl (C=O) groups excluding carboxylic acids is 2. The van der Waals surface area contributed by atoms with Gasteiger partial charge in [-0.15, -0.1) is 0 Å². The number of rotatable bonds is 7. The standard InChI is InChI=1S/C19H20Cl2N2O5/c1-23(2)19(25)12-8-16(26-3)17(27-4)9-15(12)22-18(24)10-28-11-5-6-13(20)14(21)7-11/h5-9H,10H2,1-4H3,(H,22,24). The van der Waals surface area contributed by atoms with Crippen molar-refractivity contribution in [3.8, 4) is 17.2 Å². The van der Waals surface area contributed by atoms with Crippen LogP contribution < -0.4 is 19.5 Å². The number of carbonyl (C=O) groups is 2. The maximum absolute atomic E-state index is 12.5. The first-order valence-corrected chi connectivity index (χ1v) is 8.87. The average molecular weight is 427 g/mol. The zero-order chi connectivity index (χ0) is 20.8. The number of hydrogen-bond acceptors (Lipinski definition) is 5. The Kier molecular flexibility index (Phi) is 7.37. The lowest BCUT2D eigenvalue weighted by Crippen LogP contribution is -2.26. The molecule has 0 radical (unpaired) electrons. The minimum Gasteiger partial charge on any atom is -0.493 e. The Hall–Kier alpha value is -2.64. The number of anilines is 1. The minimum absolute atomic E-state index is 0.255. The van der Waals surface area contributed by atoms with E-state index in [0.29, 0.717) is 27.3 Å². The summed E-state index contributed by atoms with van der Waals surface area (Å²) in [6.45, 7) is -0.290. The molecule has 2 rings (SSSR count). The van der Waals surface area contributed by atoms with Crippen LogP contribution in [0.15, 0.2) is 30.3 Å². The second-order valence-corrected chi connectivity index (χ2v) is 6.68. The Bertz CT molecular complexity index is 887. The predicted octanol–water partition coefficient (Wildman–Crippen LogP) is 3.73. The number of nitrogens with zero attached hydrogens (tertiary/aromatic N) is 1. The van der Waals surface area contributed by atoms with Gasteiger partial charge in [-0.3, -0.25) is 9.59 Å². The summed E-state index contributed by atoms with van der Waals surface area (Å²) in [5, 5.41) is 3.37. The quantitative estimate of drug-likeness (QED) is 0.729. The summed E-state index contributed by atoms with van der Waals surface area (Å²) in [4.78, 5) is 26.2. The van der Waals surface area contributed by atoms with Gasteiger partial charge in [-0.25, -0.2) is 0 Å². The van der Waals surface area contributed by atoms with E-state index in [1.807, 2.05) is 0 Å². The van der Waals surface area contributed by atoms with Crippen LogP contribution >= 0.6 is 23.2 Å². The second-order valence-electron chi connectivity index (χ2n) is 5.87. The first-order valence-electron chi connectivity index (χ1n) is 8.12. The van der Waals surface area contributed by atoms with Gasteiger partial charge in [0, 0.05) is 26.2 Å².